The van der Waals surface area contributed by atoms with E-state index < -0.39 is 6.55 Å². The maximum Gasteiger partial charge on any atom is 0.320 e. The third kappa shape index (κ3) is 3.41. The number of amides is 1. The number of nitrogens with zero attached hydrogens (tertiary/aromatic N) is 2. The molecular weight excluding hydrogens is 292 g/mol. The lowest BCUT2D eigenvalue weighted by molar-refractivity contribution is -0.117. The van der Waals surface area contributed by atoms with Gasteiger partial charge in [-0.15, -0.1) is 0 Å². The highest BCUT2D eigenvalue weighted by atomic mass is 19.3. The number of nitrogens with one attached hydrogen (secondary N) is 1. The molecule has 1 amide bonds. The van der Waals surface area contributed by atoms with Gasteiger partial charge in [0.05, 0.1) is 0 Å². The molecule has 1 aliphatic carbocycles. The second-order valence-electron chi connectivity index (χ2n) is 5.11. The van der Waals surface area contributed by atoms with Crippen molar-refractivity contribution in [3.63, 3.8) is 0 Å². The molecule has 0 bridgehead atoms. The van der Waals surface area contributed by atoms with E-state index >= 15 is 0 Å². The van der Waals surface area contributed by atoms with Crippen LogP contribution in [0, 0.1) is 5.92 Å². The van der Waals surface area contributed by atoms with E-state index in [1.165, 1.54) is 12.4 Å². The maximum atomic E-state index is 12.7. The van der Waals surface area contributed by atoms with Crippen molar-refractivity contribution in [2.75, 3.05) is 5.32 Å². The highest BCUT2D eigenvalue weighted by Crippen LogP contribution is 2.30. The third-order valence-corrected chi connectivity index (χ3v) is 3.38. The fourth-order valence-electron chi connectivity index (χ4n) is 2.03. The summed E-state index contributed by atoms with van der Waals surface area (Å²) in [5.74, 6) is 0.744. The monoisotopic (exact) mass is 307 g/mol. The molecule has 0 unspecified atom stereocenters. The summed E-state index contributed by atoms with van der Waals surface area (Å²) < 4.78 is 31.6. The highest BCUT2D eigenvalue weighted by Gasteiger charge is 2.29. The lowest BCUT2D eigenvalue weighted by Gasteiger charge is -2.10. The van der Waals surface area contributed by atoms with Gasteiger partial charge in [-0.1, -0.05) is 6.07 Å². The van der Waals surface area contributed by atoms with Gasteiger partial charge in [0, 0.05) is 30.1 Å². The molecule has 0 saturated heterocycles. The van der Waals surface area contributed by atoms with Crippen molar-refractivity contribution in [1.29, 1.82) is 0 Å². The molecule has 3 rings (SSSR count). The van der Waals surface area contributed by atoms with E-state index in [0.29, 0.717) is 11.4 Å². The standard InChI is InChI=1S/C15H15F2N3O2/c16-15(17)20-7-6-18-13(20)9-22-12-3-1-2-11(8-12)19-14(21)10-4-5-10/h1-3,6-8,10,15H,4-5,9H2,(H,19,21). The summed E-state index contributed by atoms with van der Waals surface area (Å²) >= 11 is 0. The van der Waals surface area contributed by atoms with Crippen LogP contribution in [0.4, 0.5) is 14.5 Å². The first-order chi connectivity index (χ1) is 10.6. The first-order valence-electron chi connectivity index (χ1n) is 6.97. The predicted molar refractivity (Wildman–Crippen MR) is 75.6 cm³/mol. The number of hydrogen-bond donors (Lipinski definition) is 1. The minimum Gasteiger partial charge on any atom is -0.486 e. The quantitative estimate of drug-likeness (QED) is 0.891. The zero-order valence-corrected chi connectivity index (χ0v) is 11.7. The average Bonchev–Trinajstić information content (AvgIpc) is 3.24. The van der Waals surface area contributed by atoms with E-state index in [-0.39, 0.29) is 24.3 Å². The van der Waals surface area contributed by atoms with Crippen molar-refractivity contribution in [3.05, 3.63) is 42.5 Å². The van der Waals surface area contributed by atoms with Gasteiger partial charge < -0.3 is 10.1 Å². The maximum absolute atomic E-state index is 12.7. The second-order valence-corrected chi connectivity index (χ2v) is 5.11. The Kier molecular flexibility index (Phi) is 4.04. The molecule has 7 heteroatoms. The molecule has 2 aromatic rings. The normalized spacial score (nSPS) is 14.1. The van der Waals surface area contributed by atoms with E-state index in [9.17, 15) is 13.6 Å². The Balaban J connectivity index is 1.62. The number of ether oxygens (including phenoxy) is 1. The van der Waals surface area contributed by atoms with Gasteiger partial charge in [-0.2, -0.15) is 8.78 Å². The Labute approximate surface area is 125 Å². The fraction of sp³-hybridized carbons (Fsp3) is 0.333. The molecule has 0 radical (unpaired) electrons. The summed E-state index contributed by atoms with van der Waals surface area (Å²) in [6.45, 7) is -2.72. The zero-order chi connectivity index (χ0) is 15.5. The summed E-state index contributed by atoms with van der Waals surface area (Å²) in [5, 5.41) is 2.81. The summed E-state index contributed by atoms with van der Waals surface area (Å²) in [6.07, 6.45) is 4.36. The minimum absolute atomic E-state index is 0.00499. The van der Waals surface area contributed by atoms with Gasteiger partial charge in [-0.25, -0.2) is 4.98 Å². The molecule has 1 N–H and O–H groups in total. The molecule has 22 heavy (non-hydrogen) atoms. The second kappa shape index (κ2) is 6.13. The number of aromatic nitrogens is 2. The molecule has 1 fully saturated rings. The van der Waals surface area contributed by atoms with Crippen LogP contribution in [0.25, 0.3) is 0 Å². The molecule has 1 aliphatic rings. The van der Waals surface area contributed by atoms with Crippen LogP contribution in [0.1, 0.15) is 25.2 Å². The van der Waals surface area contributed by atoms with Crippen molar-refractivity contribution < 1.29 is 18.3 Å². The molecule has 1 saturated carbocycles. The largest absolute Gasteiger partial charge is 0.486 e. The molecule has 116 valence electrons. The van der Waals surface area contributed by atoms with Crippen molar-refractivity contribution in [1.82, 2.24) is 9.55 Å². The molecule has 0 atom stereocenters. The summed E-state index contributed by atoms with van der Waals surface area (Å²) in [4.78, 5) is 15.5. The summed E-state index contributed by atoms with van der Waals surface area (Å²) in [6, 6.07) is 6.85. The van der Waals surface area contributed by atoms with Gasteiger partial charge in [0.1, 0.15) is 12.4 Å². The lowest BCUT2D eigenvalue weighted by Crippen LogP contribution is -2.13. The van der Waals surface area contributed by atoms with Crippen LogP contribution in [-0.2, 0) is 11.4 Å². The number of imidazole rings is 1. The number of halogens is 2. The molecular formula is C15H15F2N3O2. The Hall–Kier alpha value is -2.44. The number of hydrogen-bond acceptors (Lipinski definition) is 3. The molecule has 0 aliphatic heterocycles. The van der Waals surface area contributed by atoms with E-state index in [0.717, 1.165) is 17.4 Å². The fourth-order valence-corrected chi connectivity index (χ4v) is 2.03. The molecule has 1 heterocycles. The van der Waals surface area contributed by atoms with Gasteiger partial charge in [0.15, 0.2) is 5.82 Å². The summed E-state index contributed by atoms with van der Waals surface area (Å²) in [5.41, 5.74) is 0.631. The van der Waals surface area contributed by atoms with Crippen LogP contribution in [0.5, 0.6) is 5.75 Å². The Morgan fingerprint density at radius 1 is 1.45 bits per heavy atom. The first kappa shape index (κ1) is 14.5. The van der Waals surface area contributed by atoms with Crippen LogP contribution in [-0.4, -0.2) is 15.5 Å². The van der Waals surface area contributed by atoms with Crippen LogP contribution >= 0.6 is 0 Å². The molecule has 1 aromatic carbocycles. The van der Waals surface area contributed by atoms with E-state index in [4.69, 9.17) is 4.74 Å². The Bertz CT molecular complexity index is 668. The average molecular weight is 307 g/mol. The van der Waals surface area contributed by atoms with Crippen molar-refractivity contribution in [2.24, 2.45) is 5.92 Å². The zero-order valence-electron chi connectivity index (χ0n) is 11.7. The van der Waals surface area contributed by atoms with Gasteiger partial charge in [0.25, 0.3) is 0 Å². The Morgan fingerprint density at radius 3 is 3.00 bits per heavy atom. The number of rotatable bonds is 6. The minimum atomic E-state index is -2.65. The molecule has 0 spiro atoms. The van der Waals surface area contributed by atoms with Crippen LogP contribution in [0.3, 0.4) is 0 Å². The van der Waals surface area contributed by atoms with Crippen LogP contribution in [0.15, 0.2) is 36.7 Å². The number of carbonyl (C=O) groups is 1. The first-order valence-corrected chi connectivity index (χ1v) is 6.97. The van der Waals surface area contributed by atoms with Crippen LogP contribution < -0.4 is 10.1 Å². The van der Waals surface area contributed by atoms with Crippen molar-refractivity contribution in [2.45, 2.75) is 26.0 Å². The Morgan fingerprint density at radius 2 is 2.27 bits per heavy atom. The molecule has 1 aromatic heterocycles. The van der Waals surface area contributed by atoms with Gasteiger partial charge >= 0.3 is 6.55 Å². The topological polar surface area (TPSA) is 56.1 Å². The number of benzene rings is 1. The van der Waals surface area contributed by atoms with E-state index in [1.54, 1.807) is 24.3 Å². The third-order valence-electron chi connectivity index (χ3n) is 3.38. The summed E-state index contributed by atoms with van der Waals surface area (Å²) in [7, 11) is 0. The van der Waals surface area contributed by atoms with Crippen molar-refractivity contribution >= 4 is 11.6 Å². The van der Waals surface area contributed by atoms with Gasteiger partial charge in [-0.05, 0) is 25.0 Å². The SMILES string of the molecule is O=C(Nc1cccc(OCc2nccn2C(F)F)c1)C1CC1. The lowest BCUT2D eigenvalue weighted by atomic mass is 10.3. The number of alkyl halides is 2. The van der Waals surface area contributed by atoms with Crippen molar-refractivity contribution in [3.8, 4) is 5.75 Å². The van der Waals surface area contributed by atoms with E-state index in [1.807, 2.05) is 0 Å². The molecule has 5 nitrogen and oxygen atoms in total. The number of anilines is 1. The van der Waals surface area contributed by atoms with Crippen LogP contribution in [0.2, 0.25) is 0 Å². The highest BCUT2D eigenvalue weighted by molar-refractivity contribution is 5.94. The smallest absolute Gasteiger partial charge is 0.320 e. The number of carbonyl (C=O) groups excluding carboxylic acids is 1. The van der Waals surface area contributed by atoms with Gasteiger partial charge in [0.2, 0.25) is 5.91 Å². The van der Waals surface area contributed by atoms with E-state index in [2.05, 4.69) is 10.3 Å². The van der Waals surface area contributed by atoms with Gasteiger partial charge in [-0.3, -0.25) is 9.36 Å². The predicted octanol–water partition coefficient (Wildman–Crippen LogP) is 3.21.